The van der Waals surface area contributed by atoms with E-state index in [2.05, 4.69) is 5.32 Å². The minimum absolute atomic E-state index is 0.0267. The van der Waals surface area contributed by atoms with Gasteiger partial charge in [-0.25, -0.2) is 14.4 Å². The van der Waals surface area contributed by atoms with Gasteiger partial charge in [-0.1, -0.05) is 48.5 Å². The quantitative estimate of drug-likeness (QED) is 0.331. The van der Waals surface area contributed by atoms with E-state index in [9.17, 15) is 24.6 Å². The van der Waals surface area contributed by atoms with Gasteiger partial charge in [-0.2, -0.15) is 0 Å². The molecule has 3 aromatic carbocycles. The van der Waals surface area contributed by atoms with Gasteiger partial charge in [0.2, 0.25) is 0 Å². The molecule has 1 aliphatic carbocycles. The third-order valence-corrected chi connectivity index (χ3v) is 6.45. The average molecular weight is 485 g/mol. The van der Waals surface area contributed by atoms with Gasteiger partial charge >= 0.3 is 17.7 Å². The van der Waals surface area contributed by atoms with E-state index in [0.717, 1.165) is 22.3 Å². The molecule has 0 saturated heterocycles. The highest BCUT2D eigenvalue weighted by Gasteiger charge is 2.29. The third kappa shape index (κ3) is 4.53. The number of benzene rings is 3. The Morgan fingerprint density at radius 2 is 1.64 bits per heavy atom. The van der Waals surface area contributed by atoms with Crippen molar-refractivity contribution in [2.75, 3.05) is 6.61 Å². The van der Waals surface area contributed by atoms with Crippen molar-refractivity contribution < 1.29 is 29.0 Å². The highest BCUT2D eigenvalue weighted by atomic mass is 16.5. The van der Waals surface area contributed by atoms with E-state index >= 15 is 0 Å². The van der Waals surface area contributed by atoms with E-state index in [4.69, 9.17) is 9.15 Å². The Hall–Kier alpha value is -4.59. The topological polar surface area (TPSA) is 126 Å². The highest BCUT2D eigenvalue weighted by Crippen LogP contribution is 2.44. The zero-order valence-corrected chi connectivity index (χ0v) is 19.1. The number of phenols is 1. The largest absolute Gasteiger partial charge is 0.508 e. The lowest BCUT2D eigenvalue weighted by Crippen LogP contribution is -2.41. The van der Waals surface area contributed by atoms with Crippen LogP contribution in [0.25, 0.3) is 22.1 Å². The first-order valence-electron chi connectivity index (χ1n) is 11.5. The van der Waals surface area contributed by atoms with Gasteiger partial charge in [0.25, 0.3) is 0 Å². The second-order valence-corrected chi connectivity index (χ2v) is 8.67. The number of phenolic OH excluding ortho intramolecular Hbond substituents is 1. The number of fused-ring (bicyclic) bond motifs is 4. The summed E-state index contributed by atoms with van der Waals surface area (Å²) in [6.07, 6.45) is -0.612. The van der Waals surface area contributed by atoms with Crippen LogP contribution in [0.4, 0.5) is 4.79 Å². The van der Waals surface area contributed by atoms with Crippen molar-refractivity contribution in [2.24, 2.45) is 0 Å². The summed E-state index contributed by atoms with van der Waals surface area (Å²) in [4.78, 5) is 36.3. The van der Waals surface area contributed by atoms with E-state index in [-0.39, 0.29) is 36.7 Å². The first kappa shape index (κ1) is 23.2. The molecule has 1 amide bonds. The number of hydrogen-bond acceptors (Lipinski definition) is 6. The van der Waals surface area contributed by atoms with Crippen LogP contribution in [0.3, 0.4) is 0 Å². The second kappa shape index (κ2) is 9.58. The summed E-state index contributed by atoms with van der Waals surface area (Å²) in [6, 6.07) is 20.3. The number of aromatic hydroxyl groups is 1. The highest BCUT2D eigenvalue weighted by molar-refractivity contribution is 5.83. The van der Waals surface area contributed by atoms with Crippen LogP contribution in [-0.4, -0.2) is 34.9 Å². The molecule has 8 heteroatoms. The summed E-state index contributed by atoms with van der Waals surface area (Å²) < 4.78 is 10.6. The van der Waals surface area contributed by atoms with Gasteiger partial charge in [0.05, 0.1) is 0 Å². The molecule has 0 aliphatic heterocycles. The molecular formula is C28H23NO7. The summed E-state index contributed by atoms with van der Waals surface area (Å²) in [5, 5.41) is 22.3. The SMILES string of the molecule is O=C(NC(CCc1cc(=O)oc2cc(O)ccc12)C(=O)O)OCC1c2ccccc2-c2ccccc21. The maximum absolute atomic E-state index is 12.6. The summed E-state index contributed by atoms with van der Waals surface area (Å²) >= 11 is 0. The smallest absolute Gasteiger partial charge is 0.407 e. The number of amides is 1. The molecule has 0 radical (unpaired) electrons. The lowest BCUT2D eigenvalue weighted by Gasteiger charge is -2.17. The second-order valence-electron chi connectivity index (χ2n) is 8.67. The van der Waals surface area contributed by atoms with Crippen molar-refractivity contribution in [2.45, 2.75) is 24.8 Å². The Kier molecular flexibility index (Phi) is 6.16. The van der Waals surface area contributed by atoms with Crippen molar-refractivity contribution in [1.82, 2.24) is 5.32 Å². The van der Waals surface area contributed by atoms with Crippen molar-refractivity contribution in [3.63, 3.8) is 0 Å². The normalized spacial score (nSPS) is 13.1. The average Bonchev–Trinajstić information content (AvgIpc) is 3.18. The molecule has 182 valence electrons. The first-order chi connectivity index (χ1) is 17.4. The van der Waals surface area contributed by atoms with Crippen molar-refractivity contribution in [3.05, 3.63) is 99.9 Å². The van der Waals surface area contributed by atoms with Gasteiger partial charge in [-0.3, -0.25) is 0 Å². The van der Waals surface area contributed by atoms with Gasteiger partial charge in [0.15, 0.2) is 0 Å². The zero-order valence-electron chi connectivity index (χ0n) is 19.1. The lowest BCUT2D eigenvalue weighted by atomic mass is 9.98. The monoisotopic (exact) mass is 485 g/mol. The Bertz CT molecular complexity index is 1480. The molecule has 0 spiro atoms. The molecule has 4 aromatic rings. The van der Waals surface area contributed by atoms with Gasteiger partial charge in [-0.05, 0) is 52.8 Å². The number of ether oxygens (including phenoxy) is 1. The predicted molar refractivity (Wildman–Crippen MR) is 132 cm³/mol. The van der Waals surface area contributed by atoms with E-state index in [1.165, 1.54) is 18.2 Å². The fraction of sp³-hybridized carbons (Fsp3) is 0.179. The maximum Gasteiger partial charge on any atom is 0.407 e. The molecule has 36 heavy (non-hydrogen) atoms. The summed E-state index contributed by atoms with van der Waals surface area (Å²) in [7, 11) is 0. The van der Waals surface area contributed by atoms with E-state index in [1.807, 2.05) is 48.5 Å². The lowest BCUT2D eigenvalue weighted by molar-refractivity contribution is -0.139. The number of carbonyl (C=O) groups is 2. The molecule has 0 fully saturated rings. The third-order valence-electron chi connectivity index (χ3n) is 6.45. The minimum atomic E-state index is -1.22. The maximum atomic E-state index is 12.6. The molecule has 1 atom stereocenters. The molecule has 1 aliphatic rings. The molecule has 1 unspecified atom stereocenters. The fourth-order valence-corrected chi connectivity index (χ4v) is 4.76. The number of carbonyl (C=O) groups excluding carboxylic acids is 1. The number of hydrogen-bond donors (Lipinski definition) is 3. The number of alkyl carbamates (subject to hydrolysis) is 1. The van der Waals surface area contributed by atoms with Crippen LogP contribution in [0.1, 0.15) is 29.0 Å². The number of carboxylic acids is 1. The van der Waals surface area contributed by atoms with Crippen LogP contribution in [-0.2, 0) is 16.0 Å². The van der Waals surface area contributed by atoms with E-state index in [1.54, 1.807) is 6.07 Å². The Balaban J connectivity index is 1.26. The van der Waals surface area contributed by atoms with E-state index in [0.29, 0.717) is 10.9 Å². The molecule has 0 saturated carbocycles. The number of aryl methyl sites for hydroxylation is 1. The Morgan fingerprint density at radius 3 is 2.31 bits per heavy atom. The van der Waals surface area contributed by atoms with Crippen LogP contribution in [0.5, 0.6) is 5.75 Å². The molecular weight excluding hydrogens is 462 g/mol. The number of rotatable bonds is 7. The van der Waals surface area contributed by atoms with Crippen molar-refractivity contribution in [3.8, 4) is 16.9 Å². The van der Waals surface area contributed by atoms with Crippen molar-refractivity contribution in [1.29, 1.82) is 0 Å². The summed E-state index contributed by atoms with van der Waals surface area (Å²) in [5.41, 5.74) is 4.45. The number of nitrogens with one attached hydrogen (secondary N) is 1. The van der Waals surface area contributed by atoms with Gasteiger partial charge in [0.1, 0.15) is 24.0 Å². The van der Waals surface area contributed by atoms with Crippen LogP contribution >= 0.6 is 0 Å². The number of aliphatic carboxylic acids is 1. The minimum Gasteiger partial charge on any atom is -0.508 e. The molecule has 1 aromatic heterocycles. The van der Waals surface area contributed by atoms with Gasteiger partial charge in [0, 0.05) is 23.4 Å². The van der Waals surface area contributed by atoms with E-state index < -0.39 is 23.7 Å². The Labute approximate surface area is 205 Å². The van der Waals surface area contributed by atoms with Crippen molar-refractivity contribution >= 4 is 23.0 Å². The van der Waals surface area contributed by atoms with Crippen LogP contribution in [0.2, 0.25) is 0 Å². The van der Waals surface area contributed by atoms with Crippen LogP contribution in [0.15, 0.2) is 82.0 Å². The molecule has 0 bridgehead atoms. The molecule has 5 rings (SSSR count). The van der Waals surface area contributed by atoms with Crippen LogP contribution in [0, 0.1) is 0 Å². The summed E-state index contributed by atoms with van der Waals surface area (Å²) in [5.74, 6) is -1.41. The fourth-order valence-electron chi connectivity index (χ4n) is 4.76. The molecule has 8 nitrogen and oxygen atoms in total. The predicted octanol–water partition coefficient (Wildman–Crippen LogP) is 4.42. The summed E-state index contributed by atoms with van der Waals surface area (Å²) in [6.45, 7) is 0.0695. The molecule has 3 N–H and O–H groups in total. The number of carboxylic acid groups (broad SMARTS) is 1. The van der Waals surface area contributed by atoms with Gasteiger partial charge in [-0.15, -0.1) is 0 Å². The first-order valence-corrected chi connectivity index (χ1v) is 11.5. The standard InChI is InChI=1S/C28H23NO7/c30-17-10-11-18-16(13-26(31)36-25(18)14-17)9-12-24(27(32)33)29-28(34)35-15-23-21-7-3-1-5-19(21)20-6-2-4-8-22(20)23/h1-8,10-11,13-14,23-24,30H,9,12,15H2,(H,29,34)(H,32,33). The molecule has 1 heterocycles. The zero-order chi connectivity index (χ0) is 25.2. The van der Waals surface area contributed by atoms with Crippen LogP contribution < -0.4 is 10.9 Å². The van der Waals surface area contributed by atoms with Gasteiger partial charge < -0.3 is 24.7 Å². The Morgan fingerprint density at radius 1 is 0.972 bits per heavy atom.